The fourth-order valence-electron chi connectivity index (χ4n) is 2.23. The third kappa shape index (κ3) is 2.97. The Bertz CT molecular complexity index is 487. The van der Waals surface area contributed by atoms with Gasteiger partial charge in [0.2, 0.25) is 0 Å². The maximum atomic E-state index is 6.02. The van der Waals surface area contributed by atoms with Crippen molar-refractivity contribution in [3.05, 3.63) is 65.7 Å². The summed E-state index contributed by atoms with van der Waals surface area (Å²) in [5.74, 6) is 1.04. The Morgan fingerprint density at radius 2 is 1.61 bits per heavy atom. The number of para-hydroxylation sites is 1. The number of rotatable bonds is 1. The summed E-state index contributed by atoms with van der Waals surface area (Å²) >= 11 is 3.67. The van der Waals surface area contributed by atoms with Gasteiger partial charge in [-0.2, -0.15) is 0 Å². The number of hydrogen-bond donors (Lipinski definition) is 1. The van der Waals surface area contributed by atoms with Crippen molar-refractivity contribution in [3.63, 3.8) is 0 Å². The van der Waals surface area contributed by atoms with Gasteiger partial charge in [-0.1, -0.05) is 48.5 Å². The van der Waals surface area contributed by atoms with E-state index >= 15 is 0 Å². The molecular weight excluding hydrogens is 256 g/mol. The van der Waals surface area contributed by atoms with E-state index in [0.29, 0.717) is 0 Å². The Kier molecular flexibility index (Phi) is 4.90. The Balaban J connectivity index is 0.000000574. The molecule has 0 aromatic heterocycles. The van der Waals surface area contributed by atoms with Crippen molar-refractivity contribution in [3.8, 4) is 5.75 Å². The lowest BCUT2D eigenvalue weighted by atomic mass is 9.98. The van der Waals surface area contributed by atoms with Crippen LogP contribution < -0.4 is 4.74 Å². The largest absolute Gasteiger partial charge is 0.485 e. The Morgan fingerprint density at radius 1 is 0.944 bits per heavy atom. The Hall–Kier alpha value is -1.19. The van der Waals surface area contributed by atoms with E-state index in [-0.39, 0.29) is 6.10 Å². The molecule has 0 amide bonds. The second-order valence-corrected chi connectivity index (χ2v) is 4.16. The second kappa shape index (κ2) is 6.66. The highest BCUT2D eigenvalue weighted by atomic mass is 32.3. The average molecular weight is 274 g/mol. The topological polar surface area (TPSA) is 9.23 Å². The molecular formula is C15H18OSSi. The summed E-state index contributed by atoms with van der Waals surface area (Å²) in [4.78, 5) is 0. The number of hydrogen-bond acceptors (Lipinski definition) is 2. The first-order valence-electron chi connectivity index (χ1n) is 6.18. The lowest BCUT2D eigenvalue weighted by Gasteiger charge is -2.26. The van der Waals surface area contributed by atoms with Gasteiger partial charge in [0.1, 0.15) is 11.9 Å². The van der Waals surface area contributed by atoms with Gasteiger partial charge in [0.25, 0.3) is 0 Å². The van der Waals surface area contributed by atoms with E-state index in [2.05, 4.69) is 54.5 Å². The van der Waals surface area contributed by atoms with Crippen LogP contribution in [0.3, 0.4) is 0 Å². The van der Waals surface area contributed by atoms with Crippen LogP contribution in [0.4, 0.5) is 0 Å². The first-order valence-corrected chi connectivity index (χ1v) is 9.75. The highest BCUT2D eigenvalue weighted by molar-refractivity contribution is 8.03. The van der Waals surface area contributed by atoms with Crippen molar-refractivity contribution in [2.45, 2.75) is 18.9 Å². The molecule has 2 aromatic rings. The zero-order valence-corrected chi connectivity index (χ0v) is 13.4. The van der Waals surface area contributed by atoms with Crippen LogP contribution in [0.15, 0.2) is 54.6 Å². The van der Waals surface area contributed by atoms with Crippen molar-refractivity contribution in [1.82, 2.24) is 0 Å². The molecule has 0 fully saturated rings. The predicted octanol–water partition coefficient (Wildman–Crippen LogP) is 2.95. The highest BCUT2D eigenvalue weighted by Crippen LogP contribution is 2.34. The monoisotopic (exact) mass is 274 g/mol. The molecule has 0 spiro atoms. The maximum Gasteiger partial charge on any atom is 0.124 e. The summed E-state index contributed by atoms with van der Waals surface area (Å²) in [6.45, 7) is 0. The van der Waals surface area contributed by atoms with Gasteiger partial charge < -0.3 is 4.74 Å². The van der Waals surface area contributed by atoms with Gasteiger partial charge in [-0.25, -0.2) is 12.1 Å². The molecule has 0 bridgehead atoms. The predicted molar refractivity (Wildman–Crippen MR) is 83.5 cm³/mol. The molecule has 0 aliphatic carbocycles. The molecule has 2 aromatic carbocycles. The van der Waals surface area contributed by atoms with Gasteiger partial charge in [0, 0.05) is 0 Å². The normalized spacial score (nSPS) is 17.1. The van der Waals surface area contributed by atoms with Gasteiger partial charge in [-0.05, 0) is 30.0 Å². The van der Waals surface area contributed by atoms with E-state index < -0.39 is 0 Å². The molecule has 1 unspecified atom stereocenters. The molecule has 1 atom stereocenters. The third-order valence-electron chi connectivity index (χ3n) is 3.09. The van der Waals surface area contributed by atoms with Crippen LogP contribution in [-0.4, -0.2) is 9.39 Å². The number of fused-ring (bicyclic) bond motifs is 1. The molecule has 1 heterocycles. The number of ether oxygens (including phenoxy) is 1. The van der Waals surface area contributed by atoms with Gasteiger partial charge in [-0.15, -0.1) is 0 Å². The summed E-state index contributed by atoms with van der Waals surface area (Å²) in [5, 5.41) is 0. The number of benzene rings is 2. The summed E-state index contributed by atoms with van der Waals surface area (Å²) < 4.78 is 6.02. The molecule has 3 rings (SSSR count). The van der Waals surface area contributed by atoms with Gasteiger partial charge in [0.15, 0.2) is 0 Å². The van der Waals surface area contributed by atoms with E-state index in [1.807, 2.05) is 12.1 Å². The molecule has 0 saturated carbocycles. The summed E-state index contributed by atoms with van der Waals surface area (Å²) in [5.41, 5.74) is 2.60. The lowest BCUT2D eigenvalue weighted by Crippen LogP contribution is -2.14. The molecule has 1 aliphatic rings. The van der Waals surface area contributed by atoms with Gasteiger partial charge in [0.05, 0.1) is 9.39 Å². The SMILES string of the molecule is [SiH3]S.c1ccc(C2CCc3ccccc3O2)cc1. The van der Waals surface area contributed by atoms with Crippen LogP contribution in [0.2, 0.25) is 0 Å². The first-order chi connectivity index (χ1) is 8.93. The van der Waals surface area contributed by atoms with Crippen LogP contribution in [0, 0.1) is 0 Å². The minimum atomic E-state index is 0.219. The fraction of sp³-hybridized carbons (Fsp3) is 0.200. The summed E-state index contributed by atoms with van der Waals surface area (Å²) in [6, 6.07) is 18.8. The van der Waals surface area contributed by atoms with Crippen LogP contribution in [-0.2, 0) is 6.42 Å². The van der Waals surface area contributed by atoms with Gasteiger partial charge >= 0.3 is 0 Å². The zero-order valence-electron chi connectivity index (χ0n) is 10.5. The van der Waals surface area contributed by atoms with Crippen LogP contribution in [0.5, 0.6) is 5.75 Å². The molecule has 94 valence electrons. The van der Waals surface area contributed by atoms with Crippen LogP contribution in [0.25, 0.3) is 0 Å². The van der Waals surface area contributed by atoms with Crippen molar-refractivity contribution in [2.24, 2.45) is 0 Å². The van der Waals surface area contributed by atoms with E-state index in [9.17, 15) is 0 Å². The van der Waals surface area contributed by atoms with Crippen LogP contribution in [0.1, 0.15) is 23.7 Å². The maximum absolute atomic E-state index is 6.02. The summed E-state index contributed by atoms with van der Waals surface area (Å²) in [6.07, 6.45) is 2.40. The minimum Gasteiger partial charge on any atom is -0.485 e. The highest BCUT2D eigenvalue weighted by Gasteiger charge is 2.20. The van der Waals surface area contributed by atoms with Gasteiger partial charge in [-0.3, -0.25) is 0 Å². The smallest absolute Gasteiger partial charge is 0.124 e. The van der Waals surface area contributed by atoms with E-state index in [1.165, 1.54) is 11.1 Å². The molecule has 0 N–H and O–H groups in total. The summed E-state index contributed by atoms with van der Waals surface area (Å²) in [7, 11) is 1.00. The van der Waals surface area contributed by atoms with Crippen LogP contribution >= 0.6 is 12.1 Å². The standard InChI is InChI=1S/C15H14O.H4SSi/c1-2-6-12(7-3-1)15-11-10-13-8-4-5-9-14(13)16-15;1-2/h1-9,15H,10-11H2;1H,2H3. The lowest BCUT2D eigenvalue weighted by molar-refractivity contribution is 0.176. The number of thiol groups is 1. The quantitative estimate of drug-likeness (QED) is 0.621. The fourth-order valence-corrected chi connectivity index (χ4v) is 2.23. The van der Waals surface area contributed by atoms with E-state index in [4.69, 9.17) is 4.74 Å². The Morgan fingerprint density at radius 3 is 2.39 bits per heavy atom. The first kappa shape index (κ1) is 13.2. The number of aryl methyl sites for hydroxylation is 1. The molecule has 1 aliphatic heterocycles. The molecule has 1 nitrogen and oxygen atoms in total. The van der Waals surface area contributed by atoms with Crippen molar-refractivity contribution in [1.29, 1.82) is 0 Å². The Labute approximate surface area is 117 Å². The molecule has 0 saturated heterocycles. The second-order valence-electron chi connectivity index (χ2n) is 4.16. The van der Waals surface area contributed by atoms with Crippen molar-refractivity contribution in [2.75, 3.05) is 0 Å². The molecule has 18 heavy (non-hydrogen) atoms. The zero-order chi connectivity index (χ0) is 12.8. The van der Waals surface area contributed by atoms with E-state index in [1.54, 1.807) is 0 Å². The molecule has 3 heteroatoms. The van der Waals surface area contributed by atoms with Crippen molar-refractivity contribution < 1.29 is 4.74 Å². The minimum absolute atomic E-state index is 0.219. The average Bonchev–Trinajstić information content (AvgIpc) is 2.50. The third-order valence-corrected chi connectivity index (χ3v) is 3.09. The van der Waals surface area contributed by atoms with Crippen molar-refractivity contribution >= 4 is 21.5 Å². The van der Waals surface area contributed by atoms with E-state index in [0.717, 1.165) is 28.0 Å². The molecule has 0 radical (unpaired) electrons.